The zero-order chi connectivity index (χ0) is 15.8. The zero-order valence-electron chi connectivity index (χ0n) is 12.9. The van der Waals surface area contributed by atoms with Gasteiger partial charge in [0.05, 0.1) is 0 Å². The number of aromatic nitrogens is 2. The summed E-state index contributed by atoms with van der Waals surface area (Å²) in [5.41, 5.74) is 7.49. The Morgan fingerprint density at radius 3 is 2.57 bits per heavy atom. The fourth-order valence-corrected chi connectivity index (χ4v) is 2.93. The molecule has 1 heterocycles. The molecule has 0 aliphatic carbocycles. The summed E-state index contributed by atoms with van der Waals surface area (Å²) in [6, 6.07) is 4.56. The predicted molar refractivity (Wildman–Crippen MR) is 88.7 cm³/mol. The van der Waals surface area contributed by atoms with Crippen LogP contribution in [-0.4, -0.2) is 9.55 Å². The molecule has 1 aromatic carbocycles. The van der Waals surface area contributed by atoms with Gasteiger partial charge in [-0.25, -0.2) is 9.37 Å². The van der Waals surface area contributed by atoms with E-state index in [9.17, 15) is 4.39 Å². The lowest BCUT2D eigenvalue weighted by molar-refractivity contribution is 0.387. The van der Waals surface area contributed by atoms with Crippen LogP contribution in [0.5, 0.6) is 0 Å². The summed E-state index contributed by atoms with van der Waals surface area (Å²) in [5.74, 6) is 1.22. The number of aryl methyl sites for hydroxylation is 1. The van der Waals surface area contributed by atoms with Gasteiger partial charge in [0.1, 0.15) is 23.2 Å². The predicted octanol–water partition coefficient (Wildman–Crippen LogP) is 4.74. The molecule has 2 rings (SSSR count). The lowest BCUT2D eigenvalue weighted by atomic mass is 10.1. The molecule has 0 bridgehead atoms. The standard InChI is InChI=1S/C16H21BrFN3/c1-5-6-13-20-14(15(19)21(13)16(2,3)4)11-9-10(18)7-8-12(11)17/h7-9H,5-6,19H2,1-4H3. The Hall–Kier alpha value is -1.36. The maximum Gasteiger partial charge on any atom is 0.132 e. The highest BCUT2D eigenvalue weighted by Gasteiger charge is 2.25. The average Bonchev–Trinajstić information content (AvgIpc) is 2.69. The van der Waals surface area contributed by atoms with Crippen LogP contribution in [0.1, 0.15) is 39.9 Å². The number of nitrogens with two attached hydrogens (primary N) is 1. The molecule has 0 atom stereocenters. The van der Waals surface area contributed by atoms with E-state index in [4.69, 9.17) is 5.73 Å². The molecule has 1 aromatic heterocycles. The Morgan fingerprint density at radius 1 is 1.33 bits per heavy atom. The molecular weight excluding hydrogens is 333 g/mol. The number of anilines is 1. The number of rotatable bonds is 3. The van der Waals surface area contributed by atoms with Gasteiger partial charge in [-0.1, -0.05) is 22.9 Å². The van der Waals surface area contributed by atoms with Gasteiger partial charge in [-0.05, 0) is 45.4 Å². The Bertz CT molecular complexity index is 656. The van der Waals surface area contributed by atoms with Gasteiger partial charge in [0.2, 0.25) is 0 Å². The first-order chi connectivity index (χ1) is 9.75. The van der Waals surface area contributed by atoms with Gasteiger partial charge in [0, 0.05) is 22.0 Å². The SMILES string of the molecule is CCCc1nc(-c2cc(F)ccc2Br)c(N)n1C(C)(C)C. The molecule has 0 amide bonds. The maximum absolute atomic E-state index is 13.6. The number of nitrogen functional groups attached to an aromatic ring is 1. The van der Waals surface area contributed by atoms with Gasteiger partial charge in [-0.2, -0.15) is 0 Å². The van der Waals surface area contributed by atoms with Crippen LogP contribution in [-0.2, 0) is 12.0 Å². The van der Waals surface area contributed by atoms with E-state index in [0.717, 1.165) is 23.1 Å². The molecule has 0 saturated carbocycles. The molecule has 2 N–H and O–H groups in total. The minimum absolute atomic E-state index is 0.167. The Kier molecular flexibility index (Phi) is 4.42. The van der Waals surface area contributed by atoms with Crippen molar-refractivity contribution in [2.75, 3.05) is 5.73 Å². The Balaban J connectivity index is 2.68. The van der Waals surface area contributed by atoms with E-state index in [1.165, 1.54) is 12.1 Å². The normalized spacial score (nSPS) is 11.9. The number of imidazole rings is 1. The van der Waals surface area contributed by atoms with Gasteiger partial charge in [0.25, 0.3) is 0 Å². The second-order valence-electron chi connectivity index (χ2n) is 6.14. The van der Waals surface area contributed by atoms with Gasteiger partial charge >= 0.3 is 0 Å². The molecule has 114 valence electrons. The minimum Gasteiger partial charge on any atom is -0.383 e. The average molecular weight is 354 g/mol. The van der Waals surface area contributed by atoms with E-state index in [1.54, 1.807) is 6.07 Å². The molecule has 0 saturated heterocycles. The second kappa shape index (κ2) is 5.79. The van der Waals surface area contributed by atoms with Crippen molar-refractivity contribution < 1.29 is 4.39 Å². The Morgan fingerprint density at radius 2 is 2.00 bits per heavy atom. The molecular formula is C16H21BrFN3. The molecule has 0 radical (unpaired) electrons. The summed E-state index contributed by atoms with van der Waals surface area (Å²) in [4.78, 5) is 4.68. The fourth-order valence-electron chi connectivity index (χ4n) is 2.50. The van der Waals surface area contributed by atoms with Crippen LogP contribution >= 0.6 is 15.9 Å². The molecule has 0 fully saturated rings. The topological polar surface area (TPSA) is 43.8 Å². The maximum atomic E-state index is 13.6. The number of nitrogens with zero attached hydrogens (tertiary/aromatic N) is 2. The van der Waals surface area contributed by atoms with Crippen molar-refractivity contribution in [3.05, 3.63) is 34.3 Å². The van der Waals surface area contributed by atoms with Crippen LogP contribution < -0.4 is 5.73 Å². The molecule has 5 heteroatoms. The quantitative estimate of drug-likeness (QED) is 0.865. The third-order valence-corrected chi connectivity index (χ3v) is 4.00. The third kappa shape index (κ3) is 3.12. The van der Waals surface area contributed by atoms with Crippen molar-refractivity contribution in [3.8, 4) is 11.3 Å². The first kappa shape index (κ1) is 16.0. The van der Waals surface area contributed by atoms with E-state index in [0.29, 0.717) is 17.1 Å². The molecule has 0 unspecified atom stereocenters. The lowest BCUT2D eigenvalue weighted by Crippen LogP contribution is -2.25. The van der Waals surface area contributed by atoms with Crippen LogP contribution in [0.25, 0.3) is 11.3 Å². The van der Waals surface area contributed by atoms with Gasteiger partial charge < -0.3 is 10.3 Å². The van der Waals surface area contributed by atoms with E-state index < -0.39 is 0 Å². The number of halogens is 2. The van der Waals surface area contributed by atoms with Crippen LogP contribution in [0.4, 0.5) is 10.2 Å². The second-order valence-corrected chi connectivity index (χ2v) is 7.00. The van der Waals surface area contributed by atoms with Crippen LogP contribution in [0.3, 0.4) is 0 Å². The van der Waals surface area contributed by atoms with Crippen LogP contribution in [0.15, 0.2) is 22.7 Å². The Labute approximate surface area is 133 Å². The lowest BCUT2D eigenvalue weighted by Gasteiger charge is -2.25. The smallest absolute Gasteiger partial charge is 0.132 e. The first-order valence-corrected chi connectivity index (χ1v) is 7.88. The highest BCUT2D eigenvalue weighted by Crippen LogP contribution is 2.35. The summed E-state index contributed by atoms with van der Waals surface area (Å²) < 4.78 is 16.4. The van der Waals surface area contributed by atoms with E-state index in [1.807, 2.05) is 4.57 Å². The molecule has 3 nitrogen and oxygen atoms in total. The summed E-state index contributed by atoms with van der Waals surface area (Å²) in [7, 11) is 0. The van der Waals surface area contributed by atoms with Crippen LogP contribution in [0.2, 0.25) is 0 Å². The van der Waals surface area contributed by atoms with Crippen molar-refractivity contribution in [1.82, 2.24) is 9.55 Å². The number of hydrogen-bond acceptors (Lipinski definition) is 2. The first-order valence-electron chi connectivity index (χ1n) is 7.08. The van der Waals surface area contributed by atoms with E-state index in [2.05, 4.69) is 48.6 Å². The fraction of sp³-hybridized carbons (Fsp3) is 0.438. The minimum atomic E-state index is -0.296. The molecule has 0 aliphatic heterocycles. The monoisotopic (exact) mass is 353 g/mol. The van der Waals surface area contributed by atoms with Gasteiger partial charge in [-0.3, -0.25) is 0 Å². The molecule has 2 aromatic rings. The van der Waals surface area contributed by atoms with Crippen molar-refractivity contribution in [2.45, 2.75) is 46.1 Å². The van der Waals surface area contributed by atoms with Crippen molar-refractivity contribution in [2.24, 2.45) is 0 Å². The van der Waals surface area contributed by atoms with Gasteiger partial charge in [-0.15, -0.1) is 0 Å². The highest BCUT2D eigenvalue weighted by molar-refractivity contribution is 9.10. The summed E-state index contributed by atoms with van der Waals surface area (Å²) in [6.07, 6.45) is 1.82. The third-order valence-electron chi connectivity index (χ3n) is 3.31. The van der Waals surface area contributed by atoms with Crippen molar-refractivity contribution in [1.29, 1.82) is 0 Å². The van der Waals surface area contributed by atoms with E-state index in [-0.39, 0.29) is 11.4 Å². The summed E-state index contributed by atoms with van der Waals surface area (Å²) in [6.45, 7) is 8.38. The zero-order valence-corrected chi connectivity index (χ0v) is 14.5. The number of hydrogen-bond donors (Lipinski definition) is 1. The van der Waals surface area contributed by atoms with E-state index >= 15 is 0 Å². The van der Waals surface area contributed by atoms with Crippen LogP contribution in [0, 0.1) is 5.82 Å². The molecule has 21 heavy (non-hydrogen) atoms. The van der Waals surface area contributed by atoms with Crippen molar-refractivity contribution in [3.63, 3.8) is 0 Å². The summed E-state index contributed by atoms with van der Waals surface area (Å²) >= 11 is 3.45. The largest absolute Gasteiger partial charge is 0.383 e. The number of benzene rings is 1. The highest BCUT2D eigenvalue weighted by atomic mass is 79.9. The van der Waals surface area contributed by atoms with Gasteiger partial charge in [0.15, 0.2) is 0 Å². The van der Waals surface area contributed by atoms with Crippen molar-refractivity contribution >= 4 is 21.7 Å². The molecule has 0 spiro atoms. The summed E-state index contributed by atoms with van der Waals surface area (Å²) in [5, 5.41) is 0. The molecule has 0 aliphatic rings.